The van der Waals surface area contributed by atoms with Crippen molar-refractivity contribution in [3.05, 3.63) is 35.4 Å². The summed E-state index contributed by atoms with van der Waals surface area (Å²) in [6.07, 6.45) is 2.83. The number of rotatable bonds is 6. The van der Waals surface area contributed by atoms with Crippen LogP contribution in [0.25, 0.3) is 0 Å². The van der Waals surface area contributed by atoms with Crippen molar-refractivity contribution in [2.24, 2.45) is 5.92 Å². The lowest BCUT2D eigenvalue weighted by Gasteiger charge is -2.41. The lowest BCUT2D eigenvalue weighted by Crippen LogP contribution is -2.54. The Morgan fingerprint density at radius 1 is 1.20 bits per heavy atom. The monoisotopic (exact) mass is 344 g/mol. The number of carboxylic acid groups (broad SMARTS) is 1. The number of carbonyl (C=O) groups excluding carboxylic acids is 3. The van der Waals surface area contributed by atoms with Gasteiger partial charge in [0.15, 0.2) is 0 Å². The van der Waals surface area contributed by atoms with Gasteiger partial charge >= 0.3 is 5.97 Å². The third-order valence-corrected chi connectivity index (χ3v) is 4.94. The van der Waals surface area contributed by atoms with Crippen molar-refractivity contribution >= 4 is 23.7 Å². The second kappa shape index (κ2) is 6.66. The fourth-order valence-electron chi connectivity index (χ4n) is 3.40. The SMILES string of the molecule is O=C(O)CC1(NC(=O)c2ccc(CC3CC(=O)NC3=O)cc2)CCC1. The smallest absolute Gasteiger partial charge is 0.305 e. The molecule has 0 spiro atoms. The summed E-state index contributed by atoms with van der Waals surface area (Å²) in [7, 11) is 0. The van der Waals surface area contributed by atoms with Crippen LogP contribution in [0.4, 0.5) is 0 Å². The van der Waals surface area contributed by atoms with Crippen LogP contribution in [-0.4, -0.2) is 34.3 Å². The van der Waals surface area contributed by atoms with Crippen LogP contribution in [0.2, 0.25) is 0 Å². The molecule has 1 aliphatic carbocycles. The summed E-state index contributed by atoms with van der Waals surface area (Å²) < 4.78 is 0. The molecule has 1 saturated heterocycles. The Balaban J connectivity index is 1.62. The van der Waals surface area contributed by atoms with Gasteiger partial charge in [0.2, 0.25) is 11.8 Å². The molecule has 3 N–H and O–H groups in total. The van der Waals surface area contributed by atoms with E-state index >= 15 is 0 Å². The lowest BCUT2D eigenvalue weighted by molar-refractivity contribution is -0.139. The van der Waals surface area contributed by atoms with E-state index in [0.717, 1.165) is 12.0 Å². The van der Waals surface area contributed by atoms with Crippen molar-refractivity contribution < 1.29 is 24.3 Å². The van der Waals surface area contributed by atoms with Crippen LogP contribution < -0.4 is 10.6 Å². The average Bonchev–Trinajstić information content (AvgIpc) is 2.83. The van der Waals surface area contributed by atoms with Crippen LogP contribution in [0.3, 0.4) is 0 Å². The van der Waals surface area contributed by atoms with Crippen molar-refractivity contribution in [1.82, 2.24) is 10.6 Å². The minimum Gasteiger partial charge on any atom is -0.481 e. The average molecular weight is 344 g/mol. The Hall–Kier alpha value is -2.70. The number of hydrogen-bond acceptors (Lipinski definition) is 4. The predicted octanol–water partition coefficient (Wildman–Crippen LogP) is 1.02. The third kappa shape index (κ3) is 3.87. The highest BCUT2D eigenvalue weighted by atomic mass is 16.4. The maximum atomic E-state index is 12.4. The molecule has 1 aliphatic heterocycles. The Labute approximate surface area is 144 Å². The highest BCUT2D eigenvalue weighted by Crippen LogP contribution is 2.35. The van der Waals surface area contributed by atoms with Crippen LogP contribution in [-0.2, 0) is 20.8 Å². The third-order valence-electron chi connectivity index (χ3n) is 4.94. The highest BCUT2D eigenvalue weighted by molar-refractivity contribution is 6.03. The number of aliphatic carboxylic acids is 1. The van der Waals surface area contributed by atoms with Crippen molar-refractivity contribution in [3.63, 3.8) is 0 Å². The number of hydrogen-bond donors (Lipinski definition) is 3. The first kappa shape index (κ1) is 17.1. The lowest BCUT2D eigenvalue weighted by atomic mass is 9.74. The summed E-state index contributed by atoms with van der Waals surface area (Å²) in [6, 6.07) is 6.84. The molecule has 3 rings (SSSR count). The highest BCUT2D eigenvalue weighted by Gasteiger charge is 2.40. The molecule has 7 nitrogen and oxygen atoms in total. The molecule has 132 valence electrons. The fourth-order valence-corrected chi connectivity index (χ4v) is 3.40. The summed E-state index contributed by atoms with van der Waals surface area (Å²) in [6.45, 7) is 0. The van der Waals surface area contributed by atoms with Gasteiger partial charge in [-0.1, -0.05) is 12.1 Å². The molecule has 0 bridgehead atoms. The molecular weight excluding hydrogens is 324 g/mol. The molecule has 25 heavy (non-hydrogen) atoms. The minimum absolute atomic E-state index is 0.0678. The molecule has 3 amide bonds. The first-order valence-corrected chi connectivity index (χ1v) is 8.34. The largest absolute Gasteiger partial charge is 0.481 e. The van der Waals surface area contributed by atoms with Gasteiger partial charge in [-0.25, -0.2) is 0 Å². The number of amides is 3. The van der Waals surface area contributed by atoms with E-state index in [0.29, 0.717) is 24.8 Å². The van der Waals surface area contributed by atoms with E-state index in [1.807, 2.05) is 0 Å². The van der Waals surface area contributed by atoms with Crippen LogP contribution in [0.15, 0.2) is 24.3 Å². The molecule has 7 heteroatoms. The van der Waals surface area contributed by atoms with Gasteiger partial charge in [0, 0.05) is 12.0 Å². The standard InChI is InChI=1S/C18H20N2O5/c21-14-9-13(16(24)19-14)8-11-2-4-12(5-3-11)17(25)20-18(6-1-7-18)10-15(22)23/h2-5,13H,1,6-10H2,(H,20,25)(H,22,23)(H,19,21,24). The van der Waals surface area contributed by atoms with Crippen molar-refractivity contribution in [2.45, 2.75) is 44.1 Å². The van der Waals surface area contributed by atoms with Crippen LogP contribution in [0.5, 0.6) is 0 Å². The predicted molar refractivity (Wildman–Crippen MR) is 87.7 cm³/mol. The number of carboxylic acids is 1. The van der Waals surface area contributed by atoms with Gasteiger partial charge in [-0.15, -0.1) is 0 Å². The molecule has 1 aromatic carbocycles. The Morgan fingerprint density at radius 2 is 1.88 bits per heavy atom. The van der Waals surface area contributed by atoms with E-state index in [1.54, 1.807) is 24.3 Å². The summed E-state index contributed by atoms with van der Waals surface area (Å²) in [5, 5.41) is 14.1. The molecular formula is C18H20N2O5. The first-order valence-electron chi connectivity index (χ1n) is 8.34. The molecule has 1 saturated carbocycles. The van der Waals surface area contributed by atoms with Crippen molar-refractivity contribution in [3.8, 4) is 0 Å². The van der Waals surface area contributed by atoms with Crippen molar-refractivity contribution in [2.75, 3.05) is 0 Å². The van der Waals surface area contributed by atoms with Crippen LogP contribution >= 0.6 is 0 Å². The van der Waals surface area contributed by atoms with Gasteiger partial charge in [-0.2, -0.15) is 0 Å². The molecule has 0 radical (unpaired) electrons. The Kier molecular flexibility index (Phi) is 4.57. The van der Waals surface area contributed by atoms with Crippen LogP contribution in [0.1, 0.15) is 48.0 Å². The number of nitrogens with one attached hydrogen (secondary N) is 2. The van der Waals surface area contributed by atoms with Gasteiger partial charge < -0.3 is 10.4 Å². The van der Waals surface area contributed by atoms with Gasteiger partial charge in [-0.3, -0.25) is 24.5 Å². The molecule has 2 fully saturated rings. The van der Waals surface area contributed by atoms with E-state index in [2.05, 4.69) is 10.6 Å². The fraction of sp³-hybridized carbons (Fsp3) is 0.444. The summed E-state index contributed by atoms with van der Waals surface area (Å²) in [4.78, 5) is 46.2. The number of imide groups is 1. The second-order valence-corrected chi connectivity index (χ2v) is 6.87. The van der Waals surface area contributed by atoms with Gasteiger partial charge in [-0.05, 0) is 43.4 Å². The molecule has 1 atom stereocenters. The summed E-state index contributed by atoms with van der Waals surface area (Å²) in [5.74, 6) is -2.08. The molecule has 1 aromatic rings. The van der Waals surface area contributed by atoms with Gasteiger partial charge in [0.25, 0.3) is 5.91 Å². The minimum atomic E-state index is -0.917. The van der Waals surface area contributed by atoms with Crippen LogP contribution in [0, 0.1) is 5.92 Å². The van der Waals surface area contributed by atoms with Crippen molar-refractivity contribution in [1.29, 1.82) is 0 Å². The van der Waals surface area contributed by atoms with Gasteiger partial charge in [0.05, 0.1) is 17.9 Å². The summed E-state index contributed by atoms with van der Waals surface area (Å²) >= 11 is 0. The van der Waals surface area contributed by atoms with Gasteiger partial charge in [0.1, 0.15) is 0 Å². The Morgan fingerprint density at radius 3 is 2.36 bits per heavy atom. The van der Waals surface area contributed by atoms with E-state index in [9.17, 15) is 19.2 Å². The maximum Gasteiger partial charge on any atom is 0.305 e. The topological polar surface area (TPSA) is 113 Å². The second-order valence-electron chi connectivity index (χ2n) is 6.87. The van der Waals surface area contributed by atoms with E-state index < -0.39 is 11.5 Å². The number of benzene rings is 1. The molecule has 1 heterocycles. The molecule has 1 unspecified atom stereocenters. The number of carbonyl (C=O) groups is 4. The normalized spacial score (nSPS) is 21.4. The zero-order valence-corrected chi connectivity index (χ0v) is 13.7. The quantitative estimate of drug-likeness (QED) is 0.667. The molecule has 2 aliphatic rings. The molecule has 0 aromatic heterocycles. The first-order chi connectivity index (χ1) is 11.9. The Bertz CT molecular complexity index is 721. The zero-order chi connectivity index (χ0) is 18.0. The zero-order valence-electron chi connectivity index (χ0n) is 13.7. The maximum absolute atomic E-state index is 12.4. The van der Waals surface area contributed by atoms with E-state index in [-0.39, 0.29) is 36.5 Å². The van der Waals surface area contributed by atoms with E-state index in [4.69, 9.17) is 5.11 Å². The summed E-state index contributed by atoms with van der Waals surface area (Å²) in [5.41, 5.74) is 0.687. The van der Waals surface area contributed by atoms with E-state index in [1.165, 1.54) is 0 Å².